The van der Waals surface area contributed by atoms with Gasteiger partial charge in [-0.25, -0.2) is 0 Å². The summed E-state index contributed by atoms with van der Waals surface area (Å²) in [5, 5.41) is 16.7. The first kappa shape index (κ1) is 18.8. The zero-order chi connectivity index (χ0) is 18.2. The van der Waals surface area contributed by atoms with Gasteiger partial charge >= 0.3 is 0 Å². The Morgan fingerprint density at radius 2 is 1.92 bits per heavy atom. The number of carbonyl (C=O) groups is 1. The van der Waals surface area contributed by atoms with E-state index in [2.05, 4.69) is 16.7 Å². The van der Waals surface area contributed by atoms with Gasteiger partial charge in [-0.2, -0.15) is 0 Å². The third-order valence-corrected chi connectivity index (χ3v) is 4.73. The van der Waals surface area contributed by atoms with Crippen molar-refractivity contribution in [1.29, 1.82) is 0 Å². The molecule has 0 aliphatic heterocycles. The lowest BCUT2D eigenvalue weighted by atomic mass is 10.2. The number of nitrogens with zero attached hydrogens (tertiary/aromatic N) is 1. The molecule has 0 bridgehead atoms. The normalized spacial score (nSPS) is 10.3. The Hall–Kier alpha value is -2.54. The van der Waals surface area contributed by atoms with Crippen molar-refractivity contribution in [2.75, 3.05) is 24.2 Å². The largest absolute Gasteiger partial charge is 0.378 e. The monoisotopic (exact) mass is 359 g/mol. The number of carbonyl (C=O) groups excluding carboxylic acids is 1. The summed E-state index contributed by atoms with van der Waals surface area (Å²) in [5.74, 6) is 0.282. The van der Waals surface area contributed by atoms with Crippen LogP contribution in [0.5, 0.6) is 0 Å². The highest BCUT2D eigenvalue weighted by molar-refractivity contribution is 8.00. The average Bonchev–Trinajstić information content (AvgIpc) is 2.58. The van der Waals surface area contributed by atoms with Crippen LogP contribution in [0, 0.1) is 24.0 Å². The van der Waals surface area contributed by atoms with E-state index >= 15 is 0 Å². The third kappa shape index (κ3) is 5.79. The van der Waals surface area contributed by atoms with Crippen LogP contribution in [0.25, 0.3) is 0 Å². The number of amides is 1. The number of para-hydroxylation sites is 2. The summed E-state index contributed by atoms with van der Waals surface area (Å²) in [6.45, 7) is 4.89. The smallest absolute Gasteiger partial charge is 0.292 e. The van der Waals surface area contributed by atoms with E-state index in [0.717, 1.165) is 10.5 Å². The quantitative estimate of drug-likeness (QED) is 0.326. The van der Waals surface area contributed by atoms with Gasteiger partial charge in [0, 0.05) is 24.1 Å². The van der Waals surface area contributed by atoms with Gasteiger partial charge in [-0.15, -0.1) is 11.8 Å². The predicted octanol–water partition coefficient (Wildman–Crippen LogP) is 3.53. The van der Waals surface area contributed by atoms with Crippen LogP contribution in [0.4, 0.5) is 11.4 Å². The minimum Gasteiger partial charge on any atom is -0.378 e. The molecule has 0 saturated heterocycles. The number of hydrogen-bond donors (Lipinski definition) is 2. The third-order valence-electron chi connectivity index (χ3n) is 3.55. The Balaban J connectivity index is 1.73. The van der Waals surface area contributed by atoms with Crippen LogP contribution < -0.4 is 10.6 Å². The number of benzene rings is 2. The molecule has 0 spiro atoms. The highest BCUT2D eigenvalue weighted by atomic mass is 32.2. The van der Waals surface area contributed by atoms with Crippen molar-refractivity contribution in [3.05, 3.63) is 63.7 Å². The maximum Gasteiger partial charge on any atom is 0.292 e. The van der Waals surface area contributed by atoms with E-state index in [1.54, 1.807) is 18.2 Å². The van der Waals surface area contributed by atoms with E-state index in [4.69, 9.17) is 0 Å². The van der Waals surface area contributed by atoms with Crippen LogP contribution in [0.3, 0.4) is 0 Å². The number of nitro groups is 1. The molecule has 0 aliphatic rings. The first-order chi connectivity index (χ1) is 12.0. The van der Waals surface area contributed by atoms with E-state index in [-0.39, 0.29) is 11.6 Å². The van der Waals surface area contributed by atoms with Crippen molar-refractivity contribution >= 4 is 29.0 Å². The van der Waals surface area contributed by atoms with Crippen molar-refractivity contribution in [3.63, 3.8) is 0 Å². The standard InChI is InChI=1S/C18H21N3O3S/c1-13-7-8-17(14(2)11-13)25-12-18(22)20-10-9-19-15-5-3-4-6-16(15)21(23)24/h3-8,11,19H,9-10,12H2,1-2H3,(H,20,22). The lowest BCUT2D eigenvalue weighted by Gasteiger charge is -2.09. The van der Waals surface area contributed by atoms with E-state index in [9.17, 15) is 14.9 Å². The molecule has 0 heterocycles. The molecule has 25 heavy (non-hydrogen) atoms. The molecule has 0 aromatic heterocycles. The van der Waals surface area contributed by atoms with E-state index in [1.807, 2.05) is 26.0 Å². The van der Waals surface area contributed by atoms with Crippen LogP contribution >= 0.6 is 11.8 Å². The molecule has 2 rings (SSSR count). The predicted molar refractivity (Wildman–Crippen MR) is 101 cm³/mol. The lowest BCUT2D eigenvalue weighted by molar-refractivity contribution is -0.384. The van der Waals surface area contributed by atoms with Crippen molar-refractivity contribution in [1.82, 2.24) is 5.32 Å². The molecule has 0 radical (unpaired) electrons. The van der Waals surface area contributed by atoms with Crippen molar-refractivity contribution in [2.45, 2.75) is 18.7 Å². The van der Waals surface area contributed by atoms with Crippen LogP contribution in [-0.4, -0.2) is 29.7 Å². The Labute approximate surface area is 151 Å². The second-order valence-corrected chi connectivity index (χ2v) is 6.63. The zero-order valence-corrected chi connectivity index (χ0v) is 15.1. The number of rotatable bonds is 8. The fourth-order valence-electron chi connectivity index (χ4n) is 2.34. The van der Waals surface area contributed by atoms with E-state index < -0.39 is 4.92 Å². The maximum atomic E-state index is 11.9. The fourth-order valence-corrected chi connectivity index (χ4v) is 3.18. The van der Waals surface area contributed by atoms with Crippen LogP contribution in [0.1, 0.15) is 11.1 Å². The Morgan fingerprint density at radius 3 is 2.64 bits per heavy atom. The summed E-state index contributed by atoms with van der Waals surface area (Å²) in [7, 11) is 0. The molecular weight excluding hydrogens is 338 g/mol. The molecule has 7 heteroatoms. The summed E-state index contributed by atoms with van der Waals surface area (Å²) in [5.41, 5.74) is 2.84. The number of nitro benzene ring substituents is 1. The highest BCUT2D eigenvalue weighted by Crippen LogP contribution is 2.23. The fraction of sp³-hybridized carbons (Fsp3) is 0.278. The van der Waals surface area contributed by atoms with Crippen molar-refractivity contribution in [3.8, 4) is 0 Å². The number of hydrogen-bond acceptors (Lipinski definition) is 5. The van der Waals surface area contributed by atoms with Gasteiger partial charge < -0.3 is 10.6 Å². The summed E-state index contributed by atoms with van der Waals surface area (Å²) in [6.07, 6.45) is 0. The number of thioether (sulfide) groups is 1. The summed E-state index contributed by atoms with van der Waals surface area (Å²) >= 11 is 1.50. The zero-order valence-electron chi connectivity index (χ0n) is 14.2. The Morgan fingerprint density at radius 1 is 1.16 bits per heavy atom. The minimum absolute atomic E-state index is 0.0271. The van der Waals surface area contributed by atoms with Gasteiger partial charge in [0.05, 0.1) is 10.7 Å². The van der Waals surface area contributed by atoms with Gasteiger partial charge in [-0.1, -0.05) is 29.8 Å². The van der Waals surface area contributed by atoms with Crippen molar-refractivity contribution < 1.29 is 9.72 Å². The second-order valence-electron chi connectivity index (χ2n) is 5.61. The molecule has 1 amide bonds. The molecule has 2 aromatic carbocycles. The molecule has 0 fully saturated rings. The first-order valence-electron chi connectivity index (χ1n) is 7.91. The van der Waals surface area contributed by atoms with Crippen LogP contribution in [-0.2, 0) is 4.79 Å². The summed E-state index contributed by atoms with van der Waals surface area (Å²) in [4.78, 5) is 23.5. The van der Waals surface area contributed by atoms with E-state index in [0.29, 0.717) is 24.5 Å². The Bertz CT molecular complexity index is 765. The van der Waals surface area contributed by atoms with Gasteiger partial charge in [0.1, 0.15) is 5.69 Å². The van der Waals surface area contributed by atoms with E-state index in [1.165, 1.54) is 23.4 Å². The molecule has 2 N–H and O–H groups in total. The topological polar surface area (TPSA) is 84.3 Å². The first-order valence-corrected chi connectivity index (χ1v) is 8.90. The van der Waals surface area contributed by atoms with Gasteiger partial charge in [-0.3, -0.25) is 14.9 Å². The SMILES string of the molecule is Cc1ccc(SCC(=O)NCCNc2ccccc2[N+](=O)[O-])c(C)c1. The minimum atomic E-state index is -0.429. The number of aryl methyl sites for hydroxylation is 2. The number of anilines is 1. The molecule has 0 atom stereocenters. The van der Waals surface area contributed by atoms with Crippen LogP contribution in [0.2, 0.25) is 0 Å². The Kier molecular flexibility index (Phi) is 6.82. The number of nitrogens with one attached hydrogen (secondary N) is 2. The molecule has 0 aliphatic carbocycles. The summed E-state index contributed by atoms with van der Waals surface area (Å²) in [6, 6.07) is 12.6. The highest BCUT2D eigenvalue weighted by Gasteiger charge is 2.11. The average molecular weight is 359 g/mol. The molecule has 2 aromatic rings. The lowest BCUT2D eigenvalue weighted by Crippen LogP contribution is -2.30. The van der Waals surface area contributed by atoms with Crippen molar-refractivity contribution in [2.24, 2.45) is 0 Å². The summed E-state index contributed by atoms with van der Waals surface area (Å²) < 4.78 is 0. The van der Waals surface area contributed by atoms with Gasteiger partial charge in [-0.05, 0) is 31.5 Å². The van der Waals surface area contributed by atoms with Gasteiger partial charge in [0.2, 0.25) is 5.91 Å². The van der Waals surface area contributed by atoms with Gasteiger partial charge in [0.25, 0.3) is 5.69 Å². The molecule has 132 valence electrons. The molecule has 6 nitrogen and oxygen atoms in total. The van der Waals surface area contributed by atoms with Crippen LogP contribution in [0.15, 0.2) is 47.4 Å². The molecular formula is C18H21N3O3S. The second kappa shape index (κ2) is 9.08. The maximum absolute atomic E-state index is 11.9. The molecule has 0 saturated carbocycles. The molecule has 0 unspecified atom stereocenters. The van der Waals surface area contributed by atoms with Gasteiger partial charge in [0.15, 0.2) is 0 Å².